The molecule has 0 N–H and O–H groups in total. The smallest absolute Gasteiger partial charge is 0.340 e. The molecule has 1 aromatic heterocycles. The molecule has 0 fully saturated rings. The van der Waals surface area contributed by atoms with Gasteiger partial charge in [-0.3, -0.25) is 0 Å². The highest BCUT2D eigenvalue weighted by molar-refractivity contribution is 6.03. The van der Waals surface area contributed by atoms with Gasteiger partial charge in [0.2, 0.25) is 0 Å². The second-order valence-corrected chi connectivity index (χ2v) is 4.59. The van der Waals surface area contributed by atoms with Crippen molar-refractivity contribution in [3.05, 3.63) is 53.3 Å². The van der Waals surface area contributed by atoms with Gasteiger partial charge in [-0.05, 0) is 17.7 Å². The van der Waals surface area contributed by atoms with Gasteiger partial charge >= 0.3 is 11.9 Å². The maximum absolute atomic E-state index is 11.7. The first-order chi connectivity index (χ1) is 10.6. The van der Waals surface area contributed by atoms with Crippen molar-refractivity contribution in [1.29, 1.82) is 0 Å². The number of hydrogen-bond donors (Lipinski definition) is 0. The third kappa shape index (κ3) is 3.28. The summed E-state index contributed by atoms with van der Waals surface area (Å²) in [6.45, 7) is 0.505. The Hall–Kier alpha value is -2.76. The van der Waals surface area contributed by atoms with Gasteiger partial charge in [-0.2, -0.15) is 0 Å². The van der Waals surface area contributed by atoms with Crippen molar-refractivity contribution in [3.63, 3.8) is 0 Å². The Labute approximate surface area is 128 Å². The van der Waals surface area contributed by atoms with Crippen LogP contribution in [0.1, 0.15) is 26.3 Å². The van der Waals surface area contributed by atoms with Crippen LogP contribution in [0.5, 0.6) is 5.75 Å². The van der Waals surface area contributed by atoms with Crippen LogP contribution in [0.15, 0.2) is 36.7 Å². The molecular weight excluding hydrogens is 286 g/mol. The van der Waals surface area contributed by atoms with Crippen molar-refractivity contribution in [1.82, 2.24) is 4.57 Å². The largest absolute Gasteiger partial charge is 0.497 e. The molecule has 0 aliphatic rings. The van der Waals surface area contributed by atoms with E-state index in [9.17, 15) is 9.59 Å². The Morgan fingerprint density at radius 3 is 1.82 bits per heavy atom. The van der Waals surface area contributed by atoms with Crippen LogP contribution in [0.4, 0.5) is 0 Å². The van der Waals surface area contributed by atoms with Gasteiger partial charge in [-0.25, -0.2) is 9.59 Å². The van der Waals surface area contributed by atoms with E-state index in [1.807, 2.05) is 24.3 Å². The second kappa shape index (κ2) is 6.80. The molecule has 0 atom stereocenters. The molecule has 0 unspecified atom stereocenters. The zero-order chi connectivity index (χ0) is 16.1. The number of rotatable bonds is 5. The lowest BCUT2D eigenvalue weighted by atomic mass is 10.2. The van der Waals surface area contributed by atoms with Crippen molar-refractivity contribution in [3.8, 4) is 5.75 Å². The minimum atomic E-state index is -0.575. The monoisotopic (exact) mass is 303 g/mol. The average Bonchev–Trinajstić information content (AvgIpc) is 2.98. The van der Waals surface area contributed by atoms with E-state index in [1.165, 1.54) is 14.2 Å². The van der Waals surface area contributed by atoms with Gasteiger partial charge < -0.3 is 18.8 Å². The molecule has 1 aromatic carbocycles. The number of ether oxygens (including phenoxy) is 3. The summed E-state index contributed by atoms with van der Waals surface area (Å²) in [4.78, 5) is 23.5. The number of carbonyl (C=O) groups excluding carboxylic acids is 2. The highest BCUT2D eigenvalue weighted by Crippen LogP contribution is 2.17. The van der Waals surface area contributed by atoms with E-state index in [2.05, 4.69) is 9.47 Å². The zero-order valence-corrected chi connectivity index (χ0v) is 12.7. The van der Waals surface area contributed by atoms with E-state index in [4.69, 9.17) is 4.74 Å². The second-order valence-electron chi connectivity index (χ2n) is 4.59. The molecule has 22 heavy (non-hydrogen) atoms. The van der Waals surface area contributed by atoms with Crippen LogP contribution in [-0.2, 0) is 16.0 Å². The lowest BCUT2D eigenvalue weighted by Gasteiger charge is -2.04. The Bertz CT molecular complexity index is 639. The van der Waals surface area contributed by atoms with Crippen LogP contribution in [0.2, 0.25) is 0 Å². The molecule has 0 spiro atoms. The third-order valence-electron chi connectivity index (χ3n) is 3.21. The van der Waals surface area contributed by atoms with E-state index in [-0.39, 0.29) is 11.1 Å². The summed E-state index contributed by atoms with van der Waals surface area (Å²) in [7, 11) is 4.14. The minimum Gasteiger partial charge on any atom is -0.497 e. The lowest BCUT2D eigenvalue weighted by molar-refractivity contribution is 0.0556. The first-order valence-electron chi connectivity index (χ1n) is 6.58. The van der Waals surface area contributed by atoms with Gasteiger partial charge in [0.05, 0.1) is 32.5 Å². The number of methoxy groups -OCH3 is 3. The summed E-state index contributed by atoms with van der Waals surface area (Å²) in [5.41, 5.74) is 1.37. The number of benzene rings is 1. The Morgan fingerprint density at radius 2 is 1.41 bits per heavy atom. The van der Waals surface area contributed by atoms with Crippen molar-refractivity contribution < 1.29 is 23.8 Å². The van der Waals surface area contributed by atoms with Crippen LogP contribution in [0, 0.1) is 0 Å². The van der Waals surface area contributed by atoms with E-state index >= 15 is 0 Å². The molecule has 2 rings (SSSR count). The molecule has 0 aliphatic carbocycles. The summed E-state index contributed by atoms with van der Waals surface area (Å²) >= 11 is 0. The van der Waals surface area contributed by atoms with Crippen LogP contribution in [0.25, 0.3) is 0 Å². The van der Waals surface area contributed by atoms with Crippen molar-refractivity contribution >= 4 is 11.9 Å². The van der Waals surface area contributed by atoms with Crippen LogP contribution >= 0.6 is 0 Å². The minimum absolute atomic E-state index is 0.183. The SMILES string of the molecule is COC(=O)c1cn(Cc2ccc(OC)cc2)cc1C(=O)OC. The van der Waals surface area contributed by atoms with Gasteiger partial charge in [0.15, 0.2) is 0 Å². The topological polar surface area (TPSA) is 66.8 Å². The maximum atomic E-state index is 11.7. The molecule has 0 saturated carbocycles. The molecule has 6 heteroatoms. The highest BCUT2D eigenvalue weighted by Gasteiger charge is 2.21. The van der Waals surface area contributed by atoms with Crippen molar-refractivity contribution in [2.45, 2.75) is 6.54 Å². The fourth-order valence-corrected chi connectivity index (χ4v) is 2.09. The zero-order valence-electron chi connectivity index (χ0n) is 12.7. The van der Waals surface area contributed by atoms with Crippen LogP contribution in [0.3, 0.4) is 0 Å². The first-order valence-corrected chi connectivity index (χ1v) is 6.58. The number of carbonyl (C=O) groups is 2. The highest BCUT2D eigenvalue weighted by atomic mass is 16.5. The normalized spacial score (nSPS) is 10.1. The molecule has 6 nitrogen and oxygen atoms in total. The average molecular weight is 303 g/mol. The van der Waals surface area contributed by atoms with Crippen molar-refractivity contribution in [2.75, 3.05) is 21.3 Å². The summed E-state index contributed by atoms with van der Waals surface area (Å²) < 4.78 is 16.2. The molecule has 0 bridgehead atoms. The van der Waals surface area contributed by atoms with E-state index in [1.54, 1.807) is 24.1 Å². The van der Waals surface area contributed by atoms with Crippen molar-refractivity contribution in [2.24, 2.45) is 0 Å². The number of nitrogens with zero attached hydrogens (tertiary/aromatic N) is 1. The van der Waals surface area contributed by atoms with E-state index in [0.717, 1.165) is 11.3 Å². The van der Waals surface area contributed by atoms with Crippen LogP contribution < -0.4 is 4.74 Å². The summed E-state index contributed by atoms with van der Waals surface area (Å²) in [5.74, 6) is -0.385. The summed E-state index contributed by atoms with van der Waals surface area (Å²) in [6.07, 6.45) is 3.14. The summed E-state index contributed by atoms with van der Waals surface area (Å²) in [5, 5.41) is 0. The fourth-order valence-electron chi connectivity index (χ4n) is 2.09. The van der Waals surface area contributed by atoms with Gasteiger partial charge in [0, 0.05) is 18.9 Å². The van der Waals surface area contributed by atoms with Gasteiger partial charge in [0.25, 0.3) is 0 Å². The van der Waals surface area contributed by atoms with Gasteiger partial charge in [0.1, 0.15) is 5.75 Å². The molecule has 0 saturated heterocycles. The van der Waals surface area contributed by atoms with Crippen LogP contribution in [-0.4, -0.2) is 37.8 Å². The Kier molecular flexibility index (Phi) is 4.83. The standard InChI is InChI=1S/C16H17NO5/c1-20-12-6-4-11(5-7-12)8-17-9-13(15(18)21-2)14(10-17)16(19)22-3/h4-7,9-10H,8H2,1-3H3. The number of hydrogen-bond acceptors (Lipinski definition) is 5. The lowest BCUT2D eigenvalue weighted by Crippen LogP contribution is -2.08. The summed E-state index contributed by atoms with van der Waals surface area (Å²) in [6, 6.07) is 7.52. The van der Waals surface area contributed by atoms with Gasteiger partial charge in [-0.15, -0.1) is 0 Å². The molecule has 116 valence electrons. The molecule has 2 aromatic rings. The van der Waals surface area contributed by atoms with E-state index < -0.39 is 11.9 Å². The molecule has 0 amide bonds. The predicted molar refractivity (Wildman–Crippen MR) is 79.2 cm³/mol. The Morgan fingerprint density at radius 1 is 0.909 bits per heavy atom. The molecule has 1 heterocycles. The molecule has 0 aliphatic heterocycles. The van der Waals surface area contributed by atoms with Gasteiger partial charge in [-0.1, -0.05) is 12.1 Å². The number of aromatic nitrogens is 1. The van der Waals surface area contributed by atoms with E-state index in [0.29, 0.717) is 6.54 Å². The maximum Gasteiger partial charge on any atom is 0.340 e. The quantitative estimate of drug-likeness (QED) is 0.792. The third-order valence-corrected chi connectivity index (χ3v) is 3.21. The Balaban J connectivity index is 2.29. The number of esters is 2. The first kappa shape index (κ1) is 15.6. The molecular formula is C16H17NO5. The fraction of sp³-hybridized carbons (Fsp3) is 0.250. The molecule has 0 radical (unpaired) electrons. The predicted octanol–water partition coefficient (Wildman–Crippen LogP) is 2.12.